The molecule has 1 aliphatic carbocycles. The smallest absolute Gasteiger partial charge is 0.313 e. The van der Waals surface area contributed by atoms with Crippen LogP contribution in [0.5, 0.6) is 0 Å². The van der Waals surface area contributed by atoms with Gasteiger partial charge in [-0.1, -0.05) is 34.5 Å². The fraction of sp³-hybridized carbons (Fsp3) is 0.500. The van der Waals surface area contributed by atoms with Crippen LogP contribution in [-0.4, -0.2) is 20.1 Å². The normalized spacial score (nSPS) is 18.8. The molecule has 0 aliphatic heterocycles. The quantitative estimate of drug-likeness (QED) is 0.869. The molecule has 0 saturated heterocycles. The van der Waals surface area contributed by atoms with Crippen LogP contribution in [-0.2, 0) is 9.53 Å². The minimum absolute atomic E-state index is 0.0104. The third kappa shape index (κ3) is 2.19. The average molecular weight is 312 g/mol. The first kappa shape index (κ1) is 13.6. The van der Waals surface area contributed by atoms with Crippen LogP contribution in [0.15, 0.2) is 28.7 Å². The molecule has 0 radical (unpaired) electrons. The lowest BCUT2D eigenvalue weighted by Crippen LogP contribution is -2.48. The summed E-state index contributed by atoms with van der Waals surface area (Å²) in [6.07, 6.45) is 2.86. The molecule has 18 heavy (non-hydrogen) atoms. The Balaban J connectivity index is 2.35. The molecule has 1 aromatic rings. The fourth-order valence-corrected chi connectivity index (χ4v) is 3.24. The molecular formula is C14H18BrNO2. The van der Waals surface area contributed by atoms with E-state index in [4.69, 9.17) is 4.74 Å². The number of ether oxygens (including phenoxy) is 1. The van der Waals surface area contributed by atoms with Gasteiger partial charge in [-0.15, -0.1) is 0 Å². The van der Waals surface area contributed by atoms with Crippen LogP contribution in [0.2, 0.25) is 0 Å². The zero-order valence-corrected chi connectivity index (χ0v) is 12.3. The molecule has 1 fully saturated rings. The fourth-order valence-electron chi connectivity index (χ4n) is 2.82. The van der Waals surface area contributed by atoms with E-state index in [1.165, 1.54) is 7.11 Å². The largest absolute Gasteiger partial charge is 0.469 e. The maximum atomic E-state index is 12.1. The first-order chi connectivity index (χ1) is 8.64. The highest BCUT2D eigenvalue weighted by Gasteiger charge is 2.51. The molecule has 98 valence electrons. The van der Waals surface area contributed by atoms with Gasteiger partial charge in [-0.3, -0.25) is 4.79 Å². The molecule has 1 N–H and O–H groups in total. The van der Waals surface area contributed by atoms with Crippen LogP contribution in [0, 0.1) is 5.41 Å². The van der Waals surface area contributed by atoms with E-state index >= 15 is 0 Å². The van der Waals surface area contributed by atoms with Crippen LogP contribution in [0.3, 0.4) is 0 Å². The van der Waals surface area contributed by atoms with Gasteiger partial charge < -0.3 is 10.1 Å². The van der Waals surface area contributed by atoms with E-state index in [-0.39, 0.29) is 12.0 Å². The maximum absolute atomic E-state index is 12.1. The molecule has 1 aliphatic rings. The number of methoxy groups -OCH3 is 1. The second kappa shape index (κ2) is 5.41. The molecule has 0 heterocycles. The predicted octanol–water partition coefficient (Wildman–Crippen LogP) is 3.05. The Hall–Kier alpha value is -0.870. The molecule has 1 aromatic carbocycles. The Morgan fingerprint density at radius 1 is 1.50 bits per heavy atom. The van der Waals surface area contributed by atoms with Gasteiger partial charge in [0, 0.05) is 10.5 Å². The van der Waals surface area contributed by atoms with Gasteiger partial charge in [-0.05, 0) is 37.6 Å². The van der Waals surface area contributed by atoms with E-state index in [0.29, 0.717) is 0 Å². The summed E-state index contributed by atoms with van der Waals surface area (Å²) in [6.45, 7) is 0. The highest BCUT2D eigenvalue weighted by atomic mass is 79.9. The number of carbonyl (C=O) groups is 1. The second-order valence-corrected chi connectivity index (χ2v) is 5.69. The van der Waals surface area contributed by atoms with Gasteiger partial charge >= 0.3 is 5.97 Å². The van der Waals surface area contributed by atoms with Crippen molar-refractivity contribution in [2.75, 3.05) is 14.2 Å². The Morgan fingerprint density at radius 3 is 2.67 bits per heavy atom. The molecule has 2 rings (SSSR count). The summed E-state index contributed by atoms with van der Waals surface area (Å²) in [5.41, 5.74) is 0.724. The zero-order chi connectivity index (χ0) is 13.2. The monoisotopic (exact) mass is 311 g/mol. The van der Waals surface area contributed by atoms with Crippen molar-refractivity contribution in [2.45, 2.75) is 25.3 Å². The Labute approximate surface area is 116 Å². The van der Waals surface area contributed by atoms with Gasteiger partial charge in [0.2, 0.25) is 0 Å². The summed E-state index contributed by atoms with van der Waals surface area (Å²) >= 11 is 3.48. The molecule has 0 spiro atoms. The number of hydrogen-bond acceptors (Lipinski definition) is 3. The van der Waals surface area contributed by atoms with E-state index in [2.05, 4.69) is 33.4 Å². The summed E-state index contributed by atoms with van der Waals surface area (Å²) in [6, 6.07) is 8.10. The van der Waals surface area contributed by atoms with E-state index in [1.807, 2.05) is 19.2 Å². The summed E-state index contributed by atoms with van der Waals surface area (Å²) in [4.78, 5) is 12.1. The van der Waals surface area contributed by atoms with E-state index < -0.39 is 5.41 Å². The topological polar surface area (TPSA) is 38.3 Å². The van der Waals surface area contributed by atoms with Crippen LogP contribution < -0.4 is 5.32 Å². The zero-order valence-electron chi connectivity index (χ0n) is 10.7. The van der Waals surface area contributed by atoms with Gasteiger partial charge in [-0.25, -0.2) is 0 Å². The van der Waals surface area contributed by atoms with Crippen LogP contribution in [0.25, 0.3) is 0 Å². The summed E-state index contributed by atoms with van der Waals surface area (Å²) in [5.74, 6) is -0.104. The van der Waals surface area contributed by atoms with Crippen molar-refractivity contribution in [2.24, 2.45) is 5.41 Å². The average Bonchev–Trinajstić information content (AvgIpc) is 2.32. The lowest BCUT2D eigenvalue weighted by atomic mass is 9.62. The minimum atomic E-state index is -0.399. The number of esters is 1. The van der Waals surface area contributed by atoms with Gasteiger partial charge in [0.1, 0.15) is 0 Å². The summed E-state index contributed by atoms with van der Waals surface area (Å²) in [5, 5.41) is 3.28. The Kier molecular flexibility index (Phi) is 4.07. The first-order valence-corrected chi connectivity index (χ1v) is 6.94. The van der Waals surface area contributed by atoms with Crippen molar-refractivity contribution in [3.63, 3.8) is 0 Å². The molecule has 0 bridgehead atoms. The Bertz CT molecular complexity index is 443. The molecule has 4 heteroatoms. The van der Waals surface area contributed by atoms with Crippen molar-refractivity contribution in [1.82, 2.24) is 5.32 Å². The highest BCUT2D eigenvalue weighted by Crippen LogP contribution is 2.51. The summed E-state index contributed by atoms with van der Waals surface area (Å²) < 4.78 is 6.03. The number of carbonyl (C=O) groups excluding carboxylic acids is 1. The molecule has 3 nitrogen and oxygen atoms in total. The van der Waals surface area contributed by atoms with Gasteiger partial charge in [0.25, 0.3) is 0 Å². The first-order valence-electron chi connectivity index (χ1n) is 6.15. The van der Waals surface area contributed by atoms with Crippen LogP contribution >= 0.6 is 15.9 Å². The second-order valence-electron chi connectivity index (χ2n) is 4.78. The van der Waals surface area contributed by atoms with Crippen molar-refractivity contribution < 1.29 is 9.53 Å². The number of halogens is 1. The number of hydrogen-bond donors (Lipinski definition) is 1. The SMILES string of the molecule is CNC(c1cccc(Br)c1)C1(C(=O)OC)CCC1. The standard InChI is InChI=1S/C14H18BrNO2/c1-16-12(10-5-3-6-11(15)9-10)14(7-4-8-14)13(17)18-2/h3,5-6,9,12,16H,4,7-8H2,1-2H3. The van der Waals surface area contributed by atoms with Gasteiger partial charge in [-0.2, -0.15) is 0 Å². The number of rotatable bonds is 4. The third-order valence-corrected chi connectivity index (χ3v) is 4.35. The van der Waals surface area contributed by atoms with Crippen molar-refractivity contribution in [3.05, 3.63) is 34.3 Å². The van der Waals surface area contributed by atoms with Crippen LogP contribution in [0.4, 0.5) is 0 Å². The van der Waals surface area contributed by atoms with Crippen molar-refractivity contribution in [3.8, 4) is 0 Å². The van der Waals surface area contributed by atoms with E-state index in [0.717, 1.165) is 29.3 Å². The molecule has 0 aromatic heterocycles. The number of benzene rings is 1. The highest BCUT2D eigenvalue weighted by molar-refractivity contribution is 9.10. The third-order valence-electron chi connectivity index (χ3n) is 3.86. The van der Waals surface area contributed by atoms with Gasteiger partial charge in [0.05, 0.1) is 12.5 Å². The lowest BCUT2D eigenvalue weighted by molar-refractivity contribution is -0.161. The van der Waals surface area contributed by atoms with E-state index in [9.17, 15) is 4.79 Å². The van der Waals surface area contributed by atoms with Gasteiger partial charge in [0.15, 0.2) is 0 Å². The van der Waals surface area contributed by atoms with Crippen molar-refractivity contribution >= 4 is 21.9 Å². The maximum Gasteiger partial charge on any atom is 0.313 e. The Morgan fingerprint density at radius 2 is 2.22 bits per heavy atom. The molecular weight excluding hydrogens is 294 g/mol. The number of nitrogens with one attached hydrogen (secondary N) is 1. The molecule has 1 unspecified atom stereocenters. The summed E-state index contributed by atoms with van der Waals surface area (Å²) in [7, 11) is 3.37. The predicted molar refractivity (Wildman–Crippen MR) is 74.2 cm³/mol. The molecule has 0 amide bonds. The minimum Gasteiger partial charge on any atom is -0.469 e. The lowest BCUT2D eigenvalue weighted by Gasteiger charge is -2.45. The van der Waals surface area contributed by atoms with E-state index in [1.54, 1.807) is 0 Å². The molecule has 1 saturated carbocycles. The molecule has 1 atom stereocenters. The van der Waals surface area contributed by atoms with Crippen molar-refractivity contribution in [1.29, 1.82) is 0 Å². The van der Waals surface area contributed by atoms with Crippen LogP contribution in [0.1, 0.15) is 30.9 Å².